The predicted molar refractivity (Wildman–Crippen MR) is 57.8 cm³/mol. The van der Waals surface area contributed by atoms with E-state index in [0.717, 1.165) is 12.8 Å². The number of carbonyl (C=O) groups excluding carboxylic acids is 1. The summed E-state index contributed by atoms with van der Waals surface area (Å²) in [6, 6.07) is 0. The maximum Gasteiger partial charge on any atom is 0.306 e. The Morgan fingerprint density at radius 3 is 2.25 bits per heavy atom. The van der Waals surface area contributed by atoms with Gasteiger partial charge in [0.2, 0.25) is 0 Å². The Kier molecular flexibility index (Phi) is 1.52. The summed E-state index contributed by atoms with van der Waals surface area (Å²) in [6.07, 6.45) is 2.56. The molecule has 0 aromatic carbocycles. The summed E-state index contributed by atoms with van der Waals surface area (Å²) in [7, 11) is 0. The van der Waals surface area contributed by atoms with E-state index in [0.29, 0.717) is 12.2 Å². The lowest BCUT2D eigenvalue weighted by Gasteiger charge is -2.60. The number of hydrogen-bond acceptors (Lipinski definition) is 2. The topological polar surface area (TPSA) is 54.4 Å². The van der Waals surface area contributed by atoms with E-state index in [1.807, 2.05) is 0 Å². The third-order valence-electron chi connectivity index (χ3n) is 6.16. The van der Waals surface area contributed by atoms with Crippen molar-refractivity contribution in [3.05, 3.63) is 0 Å². The minimum Gasteiger partial charge on any atom is -0.481 e. The summed E-state index contributed by atoms with van der Waals surface area (Å²) in [5, 5.41) is 9.03. The van der Waals surface area contributed by atoms with E-state index in [2.05, 4.69) is 20.8 Å². The Balaban J connectivity index is 1.97. The maximum atomic E-state index is 12.3. The lowest BCUT2D eigenvalue weighted by atomic mass is 9.41. The number of Topliss-reactive ketones (excluding diaryl/α,β-unsaturated/α-hetero) is 1. The van der Waals surface area contributed by atoms with Crippen LogP contribution in [0.3, 0.4) is 0 Å². The van der Waals surface area contributed by atoms with Gasteiger partial charge in [-0.3, -0.25) is 9.59 Å². The van der Waals surface area contributed by atoms with Gasteiger partial charge in [0.15, 0.2) is 0 Å². The van der Waals surface area contributed by atoms with Crippen molar-refractivity contribution in [2.24, 2.45) is 28.1 Å². The lowest BCUT2D eigenvalue weighted by Crippen LogP contribution is -2.65. The summed E-state index contributed by atoms with van der Waals surface area (Å²) in [4.78, 5) is 23.3. The van der Waals surface area contributed by atoms with Crippen LogP contribution < -0.4 is 0 Å². The fourth-order valence-corrected chi connectivity index (χ4v) is 4.62. The number of carbonyl (C=O) groups is 2. The van der Waals surface area contributed by atoms with Gasteiger partial charge in [0.05, 0.1) is 5.92 Å². The molecule has 3 heteroatoms. The van der Waals surface area contributed by atoms with Crippen LogP contribution in [-0.2, 0) is 9.59 Å². The van der Waals surface area contributed by atoms with Crippen LogP contribution in [0.1, 0.15) is 40.0 Å². The molecule has 4 saturated carbocycles. The average molecular weight is 222 g/mol. The second-order valence-electron chi connectivity index (χ2n) is 6.54. The quantitative estimate of drug-likeness (QED) is 0.778. The van der Waals surface area contributed by atoms with Crippen molar-refractivity contribution in [1.82, 2.24) is 0 Å². The number of hydrogen-bond donors (Lipinski definition) is 1. The van der Waals surface area contributed by atoms with Gasteiger partial charge in [0.1, 0.15) is 5.78 Å². The molecule has 4 fully saturated rings. The SMILES string of the molecule is CC1(C)[C@@]2(C)CC[C@]1([C@@H]1C[C@H]1C(=O)O)C2=O. The smallest absolute Gasteiger partial charge is 0.306 e. The maximum absolute atomic E-state index is 12.3. The van der Waals surface area contributed by atoms with Crippen molar-refractivity contribution in [3.63, 3.8) is 0 Å². The average Bonchev–Trinajstić information content (AvgIpc) is 2.89. The first-order chi connectivity index (χ1) is 7.29. The molecular formula is C13H18O3. The predicted octanol–water partition coefficient (Wildman–Crippen LogP) is 2.10. The highest BCUT2D eigenvalue weighted by atomic mass is 16.4. The van der Waals surface area contributed by atoms with E-state index in [1.165, 1.54) is 0 Å². The molecule has 0 radical (unpaired) electrons. The molecule has 0 aliphatic heterocycles. The van der Waals surface area contributed by atoms with Crippen LogP contribution in [0.2, 0.25) is 0 Å². The minimum absolute atomic E-state index is 0.00799. The summed E-state index contributed by atoms with van der Waals surface area (Å²) in [6.45, 7) is 6.36. The number of aliphatic carboxylic acids is 1. The summed E-state index contributed by atoms with van der Waals surface area (Å²) >= 11 is 0. The molecule has 4 atom stereocenters. The van der Waals surface area contributed by atoms with Crippen LogP contribution in [-0.4, -0.2) is 16.9 Å². The molecular weight excluding hydrogens is 204 g/mol. The van der Waals surface area contributed by atoms with Crippen molar-refractivity contribution in [3.8, 4) is 0 Å². The Morgan fingerprint density at radius 1 is 1.31 bits per heavy atom. The van der Waals surface area contributed by atoms with Gasteiger partial charge in [0, 0.05) is 10.8 Å². The number of rotatable bonds is 2. The van der Waals surface area contributed by atoms with E-state index in [-0.39, 0.29) is 28.1 Å². The van der Waals surface area contributed by atoms with Gasteiger partial charge >= 0.3 is 5.97 Å². The Hall–Kier alpha value is -0.860. The Morgan fingerprint density at radius 2 is 1.94 bits per heavy atom. The molecule has 0 amide bonds. The first-order valence-electron chi connectivity index (χ1n) is 6.07. The van der Waals surface area contributed by atoms with Crippen molar-refractivity contribution < 1.29 is 14.7 Å². The van der Waals surface area contributed by atoms with E-state index in [1.54, 1.807) is 0 Å². The second kappa shape index (κ2) is 2.36. The van der Waals surface area contributed by atoms with Gasteiger partial charge in [0.25, 0.3) is 0 Å². The largest absolute Gasteiger partial charge is 0.481 e. The van der Waals surface area contributed by atoms with Crippen LogP contribution in [0.4, 0.5) is 0 Å². The zero-order valence-corrected chi connectivity index (χ0v) is 10.0. The zero-order chi connectivity index (χ0) is 11.9. The van der Waals surface area contributed by atoms with Gasteiger partial charge < -0.3 is 5.11 Å². The molecule has 0 saturated heterocycles. The fraction of sp³-hybridized carbons (Fsp3) is 0.846. The number of ketones is 1. The third-order valence-corrected chi connectivity index (χ3v) is 6.16. The minimum atomic E-state index is -0.719. The summed E-state index contributed by atoms with van der Waals surface area (Å²) < 4.78 is 0. The highest BCUT2D eigenvalue weighted by Crippen LogP contribution is 2.81. The molecule has 4 aliphatic rings. The highest BCUT2D eigenvalue weighted by Gasteiger charge is 2.83. The molecule has 0 spiro atoms. The number of fused-ring (bicyclic) bond motifs is 1. The van der Waals surface area contributed by atoms with Crippen LogP contribution in [0, 0.1) is 28.1 Å². The van der Waals surface area contributed by atoms with Gasteiger partial charge in [-0.05, 0) is 30.6 Å². The normalized spacial score (nSPS) is 52.3. The van der Waals surface area contributed by atoms with E-state index in [4.69, 9.17) is 5.11 Å². The van der Waals surface area contributed by atoms with Crippen LogP contribution in [0.25, 0.3) is 0 Å². The highest BCUT2D eigenvalue weighted by molar-refractivity contribution is 6.02. The molecule has 1 N–H and O–H groups in total. The van der Waals surface area contributed by atoms with E-state index in [9.17, 15) is 9.59 Å². The van der Waals surface area contributed by atoms with E-state index < -0.39 is 5.97 Å². The van der Waals surface area contributed by atoms with Crippen LogP contribution in [0.15, 0.2) is 0 Å². The Bertz CT molecular complexity index is 411. The molecule has 0 heterocycles. The molecule has 3 nitrogen and oxygen atoms in total. The first-order valence-corrected chi connectivity index (χ1v) is 6.07. The third kappa shape index (κ3) is 0.712. The first kappa shape index (κ1) is 10.3. The number of carboxylic acids is 1. The van der Waals surface area contributed by atoms with Gasteiger partial charge in [-0.2, -0.15) is 0 Å². The standard InChI is InChI=1S/C13H18O3/c1-11(2)12(3)4-5-13(11,10(12)16)8-6-7(8)9(14)15/h7-8H,4-6H2,1-3H3,(H,14,15)/t7-,8-,12+,13+/m1/s1. The molecule has 4 rings (SSSR count). The number of carboxylic acid groups (broad SMARTS) is 1. The molecule has 16 heavy (non-hydrogen) atoms. The molecule has 0 aromatic rings. The van der Waals surface area contributed by atoms with Crippen LogP contribution >= 0.6 is 0 Å². The van der Waals surface area contributed by atoms with Gasteiger partial charge in [-0.25, -0.2) is 0 Å². The van der Waals surface area contributed by atoms with Gasteiger partial charge in [-0.1, -0.05) is 20.8 Å². The summed E-state index contributed by atoms with van der Waals surface area (Å²) in [5.74, 6) is -0.517. The van der Waals surface area contributed by atoms with Crippen molar-refractivity contribution >= 4 is 11.8 Å². The monoisotopic (exact) mass is 222 g/mol. The summed E-state index contributed by atoms with van der Waals surface area (Å²) in [5.41, 5.74) is -0.491. The molecule has 0 unspecified atom stereocenters. The zero-order valence-electron chi connectivity index (χ0n) is 10.0. The van der Waals surface area contributed by atoms with Crippen molar-refractivity contribution in [2.75, 3.05) is 0 Å². The molecule has 0 aromatic heterocycles. The molecule has 4 aliphatic carbocycles. The van der Waals surface area contributed by atoms with Crippen molar-refractivity contribution in [1.29, 1.82) is 0 Å². The van der Waals surface area contributed by atoms with Crippen LogP contribution in [0.5, 0.6) is 0 Å². The lowest BCUT2D eigenvalue weighted by molar-refractivity contribution is -0.179. The molecule has 2 bridgehead atoms. The van der Waals surface area contributed by atoms with E-state index >= 15 is 0 Å². The fourth-order valence-electron chi connectivity index (χ4n) is 4.62. The molecule has 88 valence electrons. The Labute approximate surface area is 95.2 Å². The second-order valence-corrected chi connectivity index (χ2v) is 6.54. The van der Waals surface area contributed by atoms with Gasteiger partial charge in [-0.15, -0.1) is 0 Å². The van der Waals surface area contributed by atoms with Crippen molar-refractivity contribution in [2.45, 2.75) is 40.0 Å².